The number of anilines is 2. The van der Waals surface area contributed by atoms with E-state index in [1.165, 1.54) is 74.2 Å². The summed E-state index contributed by atoms with van der Waals surface area (Å²) in [5, 5.41) is 0. The largest absolute Gasteiger partial charge is 0.378 e. The number of thiol groups is 2. The number of nitrogens with zero attached hydrogens (tertiary/aromatic N) is 2. The van der Waals surface area contributed by atoms with E-state index < -0.39 is 0 Å². The third-order valence-corrected chi connectivity index (χ3v) is 7.39. The van der Waals surface area contributed by atoms with Gasteiger partial charge in [0.05, 0.1) is 11.8 Å². The minimum atomic E-state index is 1.02. The third kappa shape index (κ3) is 12.7. The quantitative estimate of drug-likeness (QED) is 0.139. The number of unbranched alkanes of at least 4 members (excludes halogenated alkanes) is 6. The van der Waals surface area contributed by atoms with E-state index in [0.717, 1.165) is 23.3 Å². The first-order valence-corrected chi connectivity index (χ1v) is 14.2. The minimum Gasteiger partial charge on any atom is -0.378 e. The van der Waals surface area contributed by atoms with E-state index in [0.29, 0.717) is 0 Å². The van der Waals surface area contributed by atoms with Crippen molar-refractivity contribution in [1.82, 2.24) is 0 Å². The van der Waals surface area contributed by atoms with Gasteiger partial charge in [0.25, 0.3) is 0 Å². The first kappa shape index (κ1) is 26.3. The maximum atomic E-state index is 4.29. The summed E-state index contributed by atoms with van der Waals surface area (Å²) in [5.41, 5.74) is 2.60. The molecule has 0 saturated carbocycles. The highest BCUT2D eigenvalue weighted by atomic mass is 32.2. The summed E-state index contributed by atoms with van der Waals surface area (Å²) in [4.78, 5) is 4.70. The summed E-state index contributed by atoms with van der Waals surface area (Å²) in [6.07, 6.45) is 10.5. The van der Waals surface area contributed by atoms with E-state index in [9.17, 15) is 0 Å². The van der Waals surface area contributed by atoms with Crippen LogP contribution in [0.15, 0.2) is 24.3 Å². The van der Waals surface area contributed by atoms with Crippen LogP contribution in [0.5, 0.6) is 0 Å². The molecule has 0 aromatic heterocycles. The molecule has 0 atom stereocenters. The summed E-state index contributed by atoms with van der Waals surface area (Å²) < 4.78 is 0. The number of benzene rings is 1. The first-order valence-electron chi connectivity index (χ1n) is 10.6. The van der Waals surface area contributed by atoms with Crippen molar-refractivity contribution >= 4 is 60.2 Å². The first-order chi connectivity index (χ1) is 13.7. The fourth-order valence-electron chi connectivity index (χ4n) is 2.84. The predicted molar refractivity (Wildman–Crippen MR) is 143 cm³/mol. The second-order valence-corrected chi connectivity index (χ2v) is 10.3. The van der Waals surface area contributed by atoms with Gasteiger partial charge in [0, 0.05) is 25.5 Å². The Morgan fingerprint density at radius 3 is 1.50 bits per heavy atom. The molecule has 2 nitrogen and oxygen atoms in total. The van der Waals surface area contributed by atoms with Gasteiger partial charge in [-0.2, -0.15) is 25.3 Å². The average Bonchev–Trinajstić information content (AvgIpc) is 2.71. The zero-order valence-corrected chi connectivity index (χ0v) is 21.2. The van der Waals surface area contributed by atoms with Gasteiger partial charge in [-0.15, -0.1) is 23.5 Å². The van der Waals surface area contributed by atoms with Crippen LogP contribution in [0.2, 0.25) is 0 Å². The van der Waals surface area contributed by atoms with E-state index in [-0.39, 0.29) is 0 Å². The minimum absolute atomic E-state index is 1.02. The van der Waals surface area contributed by atoms with Crippen molar-refractivity contribution in [2.75, 3.05) is 58.7 Å². The number of hydrogen-bond acceptors (Lipinski definition) is 6. The molecule has 1 rings (SSSR count). The van der Waals surface area contributed by atoms with Crippen LogP contribution >= 0.6 is 48.8 Å². The molecule has 0 unspecified atom stereocenters. The summed E-state index contributed by atoms with van der Waals surface area (Å²) in [6.45, 7) is 0. The summed E-state index contributed by atoms with van der Waals surface area (Å²) in [6, 6.07) is 9.00. The normalized spacial score (nSPS) is 11.0. The Hall–Kier alpha value is 0.220. The lowest BCUT2D eigenvalue weighted by Crippen LogP contribution is -2.22. The maximum absolute atomic E-state index is 4.29. The number of thioether (sulfide) groups is 2. The lowest BCUT2D eigenvalue weighted by Gasteiger charge is -2.25. The Labute approximate surface area is 193 Å². The van der Waals surface area contributed by atoms with Crippen LogP contribution in [0, 0.1) is 0 Å². The van der Waals surface area contributed by atoms with Crippen molar-refractivity contribution in [2.45, 2.75) is 51.4 Å². The Bertz CT molecular complexity index is 450. The van der Waals surface area contributed by atoms with Gasteiger partial charge in [-0.3, -0.25) is 0 Å². The molecule has 1 aromatic carbocycles. The Kier molecular flexibility index (Phi) is 16.9. The van der Waals surface area contributed by atoms with Crippen molar-refractivity contribution in [1.29, 1.82) is 0 Å². The summed E-state index contributed by atoms with van der Waals surface area (Å²) >= 11 is 12.7. The molecular weight excluding hydrogens is 421 g/mol. The molecule has 0 bridgehead atoms. The average molecular weight is 461 g/mol. The molecule has 0 radical (unpaired) electrons. The highest BCUT2D eigenvalue weighted by molar-refractivity contribution is 8.00. The van der Waals surface area contributed by atoms with Crippen LogP contribution in [-0.2, 0) is 0 Å². The van der Waals surface area contributed by atoms with Crippen LogP contribution in [0.25, 0.3) is 0 Å². The standard InChI is InChI=1S/C22H40N2S4/c1-23(2)21-11-13-22(14-12-21)24(19-27-17-9-5-3-7-15-25)20-28-18-10-6-4-8-16-26/h11-14,25-26H,3-10,15-20H2,1-2H3. The Morgan fingerprint density at radius 2 is 1.07 bits per heavy atom. The Morgan fingerprint density at radius 1 is 0.643 bits per heavy atom. The molecule has 162 valence electrons. The second kappa shape index (κ2) is 18.0. The summed E-state index contributed by atoms with van der Waals surface area (Å²) in [7, 11) is 4.19. The monoisotopic (exact) mass is 460 g/mol. The smallest absolute Gasteiger partial charge is 0.0648 e. The fraction of sp³-hybridized carbons (Fsp3) is 0.727. The van der Waals surface area contributed by atoms with E-state index in [1.807, 2.05) is 0 Å². The SMILES string of the molecule is CN(C)c1ccc(N(CSCCCCCCS)CSCCCCCCS)cc1. The Balaban J connectivity index is 2.40. The molecule has 28 heavy (non-hydrogen) atoms. The molecule has 0 amide bonds. The molecule has 0 heterocycles. The molecule has 0 fully saturated rings. The molecule has 0 N–H and O–H groups in total. The topological polar surface area (TPSA) is 6.48 Å². The van der Waals surface area contributed by atoms with E-state index >= 15 is 0 Å². The van der Waals surface area contributed by atoms with Gasteiger partial charge < -0.3 is 9.80 Å². The molecule has 0 aliphatic heterocycles. The van der Waals surface area contributed by atoms with Crippen LogP contribution in [0.4, 0.5) is 11.4 Å². The van der Waals surface area contributed by atoms with Gasteiger partial charge in [0.2, 0.25) is 0 Å². The fourth-order valence-corrected chi connectivity index (χ4v) is 5.40. The lowest BCUT2D eigenvalue weighted by atomic mass is 10.2. The van der Waals surface area contributed by atoms with Gasteiger partial charge in [-0.1, -0.05) is 25.7 Å². The van der Waals surface area contributed by atoms with Crippen LogP contribution in [-0.4, -0.2) is 48.9 Å². The maximum Gasteiger partial charge on any atom is 0.0648 e. The van der Waals surface area contributed by atoms with Crippen molar-refractivity contribution in [3.05, 3.63) is 24.3 Å². The molecule has 6 heteroatoms. The highest BCUT2D eigenvalue weighted by Crippen LogP contribution is 2.24. The van der Waals surface area contributed by atoms with E-state index in [2.05, 4.69) is 96.9 Å². The van der Waals surface area contributed by atoms with Crippen LogP contribution < -0.4 is 9.80 Å². The zero-order chi connectivity index (χ0) is 20.5. The van der Waals surface area contributed by atoms with Crippen molar-refractivity contribution < 1.29 is 0 Å². The van der Waals surface area contributed by atoms with Crippen LogP contribution in [0.3, 0.4) is 0 Å². The molecule has 0 saturated heterocycles. The van der Waals surface area contributed by atoms with E-state index in [1.54, 1.807) is 0 Å². The molecule has 0 aliphatic rings. The zero-order valence-electron chi connectivity index (χ0n) is 17.8. The lowest BCUT2D eigenvalue weighted by molar-refractivity contribution is 0.711. The van der Waals surface area contributed by atoms with Gasteiger partial charge in [-0.25, -0.2) is 0 Å². The van der Waals surface area contributed by atoms with Gasteiger partial charge in [0.15, 0.2) is 0 Å². The number of rotatable bonds is 18. The third-order valence-electron chi connectivity index (χ3n) is 4.62. The van der Waals surface area contributed by atoms with Crippen LogP contribution in [0.1, 0.15) is 51.4 Å². The second-order valence-electron chi connectivity index (χ2n) is 7.30. The number of hydrogen-bond donors (Lipinski definition) is 2. The molecular formula is C22H40N2S4. The highest BCUT2D eigenvalue weighted by Gasteiger charge is 2.07. The molecule has 0 aliphatic carbocycles. The van der Waals surface area contributed by atoms with E-state index in [4.69, 9.17) is 0 Å². The predicted octanol–water partition coefficient (Wildman–Crippen LogP) is 6.92. The van der Waals surface area contributed by atoms with Gasteiger partial charge in [-0.05, 0) is 73.0 Å². The van der Waals surface area contributed by atoms with Crippen molar-refractivity contribution in [3.63, 3.8) is 0 Å². The van der Waals surface area contributed by atoms with Crippen molar-refractivity contribution in [3.8, 4) is 0 Å². The molecule has 1 aromatic rings. The summed E-state index contributed by atoms with van der Waals surface area (Å²) in [5.74, 6) is 6.73. The van der Waals surface area contributed by atoms with Gasteiger partial charge >= 0.3 is 0 Å². The van der Waals surface area contributed by atoms with Gasteiger partial charge in [0.1, 0.15) is 0 Å². The molecule has 0 spiro atoms. The van der Waals surface area contributed by atoms with Crippen molar-refractivity contribution in [2.24, 2.45) is 0 Å².